The van der Waals surface area contributed by atoms with E-state index in [1.807, 2.05) is 48.5 Å². The van der Waals surface area contributed by atoms with Crippen LogP contribution in [-0.4, -0.2) is 46.9 Å². The number of urea groups is 1. The molecule has 2 fully saturated rings. The van der Waals surface area contributed by atoms with Gasteiger partial charge in [-0.3, -0.25) is 14.5 Å². The molecule has 1 aliphatic carbocycles. The van der Waals surface area contributed by atoms with Crippen molar-refractivity contribution in [3.05, 3.63) is 95.2 Å². The summed E-state index contributed by atoms with van der Waals surface area (Å²) in [4.78, 5) is 48.4. The number of amides is 4. The topological polar surface area (TPSA) is 94.7 Å². The van der Waals surface area contributed by atoms with E-state index in [0.29, 0.717) is 23.4 Å². The molecule has 4 aromatic rings. The number of imide groups is 1. The summed E-state index contributed by atoms with van der Waals surface area (Å²) < 4.78 is 5.51. The molecule has 0 spiro atoms. The Kier molecular flexibility index (Phi) is 6.26. The minimum Gasteiger partial charge on any atom is -0.497 e. The van der Waals surface area contributed by atoms with Crippen molar-refractivity contribution in [2.75, 3.05) is 12.0 Å². The zero-order valence-corrected chi connectivity index (χ0v) is 22.9. The second-order valence-corrected chi connectivity index (χ2v) is 11.2. The quantitative estimate of drug-likeness (QED) is 0.312. The van der Waals surface area contributed by atoms with Crippen LogP contribution in [0, 0.1) is 0 Å². The number of aromatic amines is 1. The lowest BCUT2D eigenvalue weighted by molar-refractivity contribution is -0.120. The molecule has 1 saturated carbocycles. The van der Waals surface area contributed by atoms with Crippen molar-refractivity contribution in [2.45, 2.75) is 56.7 Å². The van der Waals surface area contributed by atoms with E-state index in [9.17, 15) is 14.4 Å². The first-order valence-corrected chi connectivity index (χ1v) is 14.3. The number of hydrogen-bond acceptors (Lipinski definition) is 4. The highest BCUT2D eigenvalue weighted by Crippen LogP contribution is 2.45. The van der Waals surface area contributed by atoms with Crippen LogP contribution >= 0.6 is 0 Å². The number of carbonyl (C=O) groups is 3. The van der Waals surface area contributed by atoms with E-state index in [2.05, 4.69) is 10.3 Å². The Balaban J connectivity index is 1.31. The van der Waals surface area contributed by atoms with Gasteiger partial charge in [0.05, 0.1) is 18.4 Å². The number of nitrogens with one attached hydrogen (secondary N) is 2. The van der Waals surface area contributed by atoms with Crippen LogP contribution in [0.4, 0.5) is 10.5 Å². The number of para-hydroxylation sites is 2. The number of anilines is 1. The summed E-state index contributed by atoms with van der Waals surface area (Å²) in [6, 6.07) is 21.0. The minimum atomic E-state index is -0.708. The summed E-state index contributed by atoms with van der Waals surface area (Å²) in [7, 11) is 1.61. The lowest BCUT2D eigenvalue weighted by atomic mass is 9.89. The van der Waals surface area contributed by atoms with Gasteiger partial charge in [0.2, 0.25) is 0 Å². The molecule has 2 atom stereocenters. The SMILES string of the molecule is COc1cccc([C@H]2c3[nH]c4ccccc4c3C[C@H]3C(=O)N(c4ccccc4C(=O)NC4CCCCC4)C(=O)N23)c1. The van der Waals surface area contributed by atoms with Crippen LogP contribution < -0.4 is 15.0 Å². The molecular weight excluding hydrogens is 516 g/mol. The summed E-state index contributed by atoms with van der Waals surface area (Å²) >= 11 is 0. The molecule has 0 radical (unpaired) electrons. The third kappa shape index (κ3) is 4.17. The zero-order valence-electron chi connectivity index (χ0n) is 22.9. The van der Waals surface area contributed by atoms with Crippen molar-refractivity contribution < 1.29 is 19.1 Å². The number of ether oxygens (including phenoxy) is 1. The summed E-state index contributed by atoms with van der Waals surface area (Å²) in [5.41, 5.74) is 4.38. The highest BCUT2D eigenvalue weighted by molar-refractivity contribution is 6.24. The Labute approximate surface area is 238 Å². The van der Waals surface area contributed by atoms with E-state index >= 15 is 0 Å². The van der Waals surface area contributed by atoms with Gasteiger partial charge < -0.3 is 15.0 Å². The molecule has 3 heterocycles. The number of fused-ring (bicyclic) bond motifs is 4. The molecule has 2 aliphatic heterocycles. The van der Waals surface area contributed by atoms with Crippen LogP contribution in [-0.2, 0) is 11.2 Å². The van der Waals surface area contributed by atoms with Crippen LogP contribution in [0.3, 0.4) is 0 Å². The predicted molar refractivity (Wildman–Crippen MR) is 156 cm³/mol. The molecule has 1 aromatic heterocycles. The number of carbonyl (C=O) groups excluding carboxylic acids is 3. The fourth-order valence-corrected chi connectivity index (χ4v) is 6.83. The first-order chi connectivity index (χ1) is 20.0. The maximum absolute atomic E-state index is 14.3. The standard InChI is InChI=1S/C33H32N4O4/c1-41-22-13-9-10-20(18-22)30-29-25(23-14-5-7-16-26(23)35-29)19-28-32(39)37(33(40)36(28)30)27-17-8-6-15-24(27)31(38)34-21-11-3-2-4-12-21/h5-10,13-18,21,28,30,35H,2-4,11-12,19H2,1H3,(H,34,38)/t28-,30-/m0/s1. The van der Waals surface area contributed by atoms with Crippen molar-refractivity contribution in [3.8, 4) is 5.75 Å². The number of nitrogens with zero attached hydrogens (tertiary/aromatic N) is 2. The number of hydrogen-bond donors (Lipinski definition) is 2. The van der Waals surface area contributed by atoms with E-state index < -0.39 is 18.1 Å². The van der Waals surface area contributed by atoms with Gasteiger partial charge in [-0.1, -0.05) is 61.7 Å². The molecule has 4 amide bonds. The maximum atomic E-state index is 14.3. The van der Waals surface area contributed by atoms with Crippen LogP contribution in [0.15, 0.2) is 72.8 Å². The van der Waals surface area contributed by atoms with Gasteiger partial charge in [0, 0.05) is 29.1 Å². The zero-order chi connectivity index (χ0) is 28.1. The average Bonchev–Trinajstić information content (AvgIpc) is 3.50. The Morgan fingerprint density at radius 3 is 2.56 bits per heavy atom. The first-order valence-electron chi connectivity index (χ1n) is 14.3. The molecule has 8 heteroatoms. The van der Waals surface area contributed by atoms with Gasteiger partial charge in [-0.15, -0.1) is 0 Å². The van der Waals surface area contributed by atoms with Crippen LogP contribution in [0.5, 0.6) is 5.75 Å². The minimum absolute atomic E-state index is 0.108. The molecule has 7 rings (SSSR count). The highest BCUT2D eigenvalue weighted by Gasteiger charge is 2.53. The largest absolute Gasteiger partial charge is 0.497 e. The predicted octanol–water partition coefficient (Wildman–Crippen LogP) is 5.72. The monoisotopic (exact) mass is 548 g/mol. The molecule has 2 N–H and O–H groups in total. The number of methoxy groups -OCH3 is 1. The molecule has 3 aromatic carbocycles. The maximum Gasteiger partial charge on any atom is 0.332 e. The van der Waals surface area contributed by atoms with E-state index in [1.54, 1.807) is 36.3 Å². The summed E-state index contributed by atoms with van der Waals surface area (Å²) in [5, 5.41) is 4.19. The third-order valence-electron chi connectivity index (χ3n) is 8.79. The molecule has 208 valence electrons. The molecule has 0 unspecified atom stereocenters. The second kappa shape index (κ2) is 10.1. The van der Waals surface area contributed by atoms with E-state index in [1.165, 1.54) is 11.3 Å². The second-order valence-electron chi connectivity index (χ2n) is 11.2. The van der Waals surface area contributed by atoms with Crippen LogP contribution in [0.2, 0.25) is 0 Å². The Morgan fingerprint density at radius 1 is 0.951 bits per heavy atom. The van der Waals surface area contributed by atoms with Gasteiger partial charge in [0.25, 0.3) is 11.8 Å². The lowest BCUT2D eigenvalue weighted by Gasteiger charge is -2.36. The van der Waals surface area contributed by atoms with Gasteiger partial charge in [-0.2, -0.15) is 0 Å². The third-order valence-corrected chi connectivity index (χ3v) is 8.79. The van der Waals surface area contributed by atoms with E-state index in [-0.39, 0.29) is 17.9 Å². The van der Waals surface area contributed by atoms with Crippen molar-refractivity contribution in [3.63, 3.8) is 0 Å². The van der Waals surface area contributed by atoms with Gasteiger partial charge in [-0.25, -0.2) is 9.69 Å². The molecule has 3 aliphatic rings. The molecule has 41 heavy (non-hydrogen) atoms. The van der Waals surface area contributed by atoms with Crippen molar-refractivity contribution in [2.24, 2.45) is 0 Å². The van der Waals surface area contributed by atoms with Crippen molar-refractivity contribution in [1.29, 1.82) is 0 Å². The van der Waals surface area contributed by atoms with Crippen LogP contribution in [0.25, 0.3) is 10.9 Å². The van der Waals surface area contributed by atoms with Gasteiger partial charge >= 0.3 is 6.03 Å². The number of benzene rings is 3. The number of rotatable bonds is 5. The van der Waals surface area contributed by atoms with Gasteiger partial charge in [0.1, 0.15) is 17.8 Å². The molecule has 0 bridgehead atoms. The molecule has 1 saturated heterocycles. The summed E-state index contributed by atoms with van der Waals surface area (Å²) in [5.74, 6) is 0.0946. The van der Waals surface area contributed by atoms with E-state index in [4.69, 9.17) is 4.74 Å². The highest BCUT2D eigenvalue weighted by atomic mass is 16.5. The van der Waals surface area contributed by atoms with Gasteiger partial charge in [-0.05, 0) is 54.3 Å². The summed E-state index contributed by atoms with van der Waals surface area (Å²) in [6.07, 6.45) is 5.64. The van der Waals surface area contributed by atoms with Crippen molar-refractivity contribution >= 4 is 34.4 Å². The van der Waals surface area contributed by atoms with Crippen molar-refractivity contribution in [1.82, 2.24) is 15.2 Å². The first kappa shape index (κ1) is 25.4. The lowest BCUT2D eigenvalue weighted by Crippen LogP contribution is -2.44. The Hall–Kier alpha value is -4.59. The Morgan fingerprint density at radius 2 is 1.73 bits per heavy atom. The Bertz CT molecular complexity index is 1670. The van der Waals surface area contributed by atoms with Crippen LogP contribution in [0.1, 0.15) is 65.3 Å². The smallest absolute Gasteiger partial charge is 0.332 e. The number of H-pyrrole nitrogens is 1. The average molecular weight is 549 g/mol. The van der Waals surface area contributed by atoms with Gasteiger partial charge in [0.15, 0.2) is 0 Å². The normalized spacial score (nSPS) is 20.7. The molecule has 8 nitrogen and oxygen atoms in total. The fraction of sp³-hybridized carbons (Fsp3) is 0.303. The number of aromatic nitrogens is 1. The summed E-state index contributed by atoms with van der Waals surface area (Å²) in [6.45, 7) is 0. The molecular formula is C33H32N4O4. The van der Waals surface area contributed by atoms with E-state index in [0.717, 1.165) is 53.4 Å². The fourth-order valence-electron chi connectivity index (χ4n) is 6.83.